The van der Waals surface area contributed by atoms with E-state index in [4.69, 9.17) is 17.3 Å². The summed E-state index contributed by atoms with van der Waals surface area (Å²) in [5.74, 6) is -0.500. The lowest BCUT2D eigenvalue weighted by atomic mass is 10.2. The van der Waals surface area contributed by atoms with E-state index in [9.17, 15) is 9.59 Å². The van der Waals surface area contributed by atoms with E-state index < -0.39 is 11.5 Å². The van der Waals surface area contributed by atoms with Gasteiger partial charge in [0, 0.05) is 12.6 Å². The summed E-state index contributed by atoms with van der Waals surface area (Å²) in [5, 5.41) is 2.93. The highest BCUT2D eigenvalue weighted by Gasteiger charge is 2.15. The summed E-state index contributed by atoms with van der Waals surface area (Å²) in [6.07, 6.45) is 0. The van der Waals surface area contributed by atoms with E-state index in [-0.39, 0.29) is 12.1 Å². The second-order valence-electron chi connectivity index (χ2n) is 3.44. The zero-order valence-corrected chi connectivity index (χ0v) is 9.57. The van der Waals surface area contributed by atoms with Crippen LogP contribution in [0.25, 0.3) is 0 Å². The van der Waals surface area contributed by atoms with Crippen molar-refractivity contribution in [3.8, 4) is 0 Å². The maximum Gasteiger partial charge on any atom is 0.281 e. The van der Waals surface area contributed by atoms with E-state index in [1.165, 1.54) is 6.07 Å². The molecule has 0 saturated heterocycles. The van der Waals surface area contributed by atoms with Crippen LogP contribution >= 0.6 is 11.6 Å². The second-order valence-corrected chi connectivity index (χ2v) is 3.85. The molecule has 17 heavy (non-hydrogen) atoms. The Hall–Kier alpha value is -1.85. The first-order valence-corrected chi connectivity index (χ1v) is 5.31. The Labute approximate surface area is 102 Å². The average Bonchev–Trinajstić information content (AvgIpc) is 2.70. The van der Waals surface area contributed by atoms with Crippen molar-refractivity contribution in [2.75, 3.05) is 0 Å². The molecule has 0 saturated carbocycles. The Morgan fingerprint density at radius 3 is 2.71 bits per heavy atom. The van der Waals surface area contributed by atoms with Crippen LogP contribution in [-0.2, 0) is 6.54 Å². The standard InChI is InChI=1S/C11H10ClN3O2/c12-9-4-2-1-3-8(9)11(17)15-10(16)5-7(6-13)14-15/h1-5,14H,6,13H2. The molecule has 0 amide bonds. The van der Waals surface area contributed by atoms with Gasteiger partial charge in [-0.2, -0.15) is 4.68 Å². The quantitative estimate of drug-likeness (QED) is 0.835. The van der Waals surface area contributed by atoms with Gasteiger partial charge in [0.15, 0.2) is 0 Å². The van der Waals surface area contributed by atoms with Gasteiger partial charge >= 0.3 is 0 Å². The number of aromatic nitrogens is 2. The molecule has 1 aromatic heterocycles. The zero-order valence-electron chi connectivity index (χ0n) is 8.81. The molecule has 2 aromatic rings. The Bertz CT molecular complexity index is 615. The van der Waals surface area contributed by atoms with Gasteiger partial charge in [0.25, 0.3) is 11.5 Å². The molecule has 0 spiro atoms. The fraction of sp³-hybridized carbons (Fsp3) is 0.0909. The summed E-state index contributed by atoms with van der Waals surface area (Å²) in [7, 11) is 0. The molecule has 88 valence electrons. The molecule has 0 aliphatic heterocycles. The first-order chi connectivity index (χ1) is 8.13. The molecule has 6 heteroatoms. The molecule has 0 aliphatic rings. The fourth-order valence-electron chi connectivity index (χ4n) is 1.46. The summed E-state index contributed by atoms with van der Waals surface area (Å²) < 4.78 is 0.892. The molecule has 2 rings (SSSR count). The van der Waals surface area contributed by atoms with Crippen molar-refractivity contribution >= 4 is 17.5 Å². The van der Waals surface area contributed by atoms with E-state index in [1.54, 1.807) is 24.3 Å². The number of nitrogens with one attached hydrogen (secondary N) is 1. The largest absolute Gasteiger partial charge is 0.325 e. The van der Waals surface area contributed by atoms with Gasteiger partial charge in [0.1, 0.15) is 0 Å². The number of benzene rings is 1. The van der Waals surface area contributed by atoms with Crippen molar-refractivity contribution < 1.29 is 4.79 Å². The first kappa shape index (κ1) is 11.6. The van der Waals surface area contributed by atoms with Crippen LogP contribution in [0.2, 0.25) is 5.02 Å². The number of nitrogens with zero attached hydrogens (tertiary/aromatic N) is 1. The molecule has 0 aliphatic carbocycles. The highest BCUT2D eigenvalue weighted by molar-refractivity contribution is 6.33. The Morgan fingerprint density at radius 1 is 1.41 bits per heavy atom. The van der Waals surface area contributed by atoms with E-state index >= 15 is 0 Å². The van der Waals surface area contributed by atoms with Gasteiger partial charge in [-0.1, -0.05) is 23.7 Å². The monoisotopic (exact) mass is 251 g/mol. The summed E-state index contributed by atoms with van der Waals surface area (Å²) in [6.45, 7) is 0.165. The maximum atomic E-state index is 12.0. The summed E-state index contributed by atoms with van der Waals surface area (Å²) in [6, 6.07) is 7.82. The molecule has 1 heterocycles. The number of rotatable bonds is 2. The number of nitrogens with two attached hydrogens (primary N) is 1. The van der Waals surface area contributed by atoms with Gasteiger partial charge < -0.3 is 5.73 Å². The molecule has 1 aromatic carbocycles. The second kappa shape index (κ2) is 4.57. The van der Waals surface area contributed by atoms with Gasteiger partial charge in [0.2, 0.25) is 0 Å². The lowest BCUT2D eigenvalue weighted by molar-refractivity contribution is 0.0941. The van der Waals surface area contributed by atoms with Crippen LogP contribution in [0.1, 0.15) is 16.1 Å². The number of hydrogen-bond acceptors (Lipinski definition) is 3. The number of H-pyrrole nitrogens is 1. The van der Waals surface area contributed by atoms with Crippen LogP contribution in [0, 0.1) is 0 Å². The van der Waals surface area contributed by atoms with Crippen LogP contribution in [0.3, 0.4) is 0 Å². The number of hydrogen-bond donors (Lipinski definition) is 2. The van der Waals surface area contributed by atoms with Crippen LogP contribution in [-0.4, -0.2) is 15.7 Å². The molecule has 5 nitrogen and oxygen atoms in total. The van der Waals surface area contributed by atoms with Crippen molar-refractivity contribution in [1.29, 1.82) is 0 Å². The summed E-state index contributed by atoms with van der Waals surface area (Å²) >= 11 is 5.89. The first-order valence-electron chi connectivity index (χ1n) is 4.93. The lowest BCUT2D eigenvalue weighted by Gasteiger charge is -2.02. The topological polar surface area (TPSA) is 80.9 Å². The lowest BCUT2D eigenvalue weighted by Crippen LogP contribution is -2.25. The van der Waals surface area contributed by atoms with Crippen molar-refractivity contribution in [2.45, 2.75) is 6.54 Å². The predicted molar refractivity (Wildman–Crippen MR) is 64.1 cm³/mol. The number of aromatic amines is 1. The van der Waals surface area contributed by atoms with Crippen molar-refractivity contribution in [1.82, 2.24) is 9.78 Å². The fourth-order valence-corrected chi connectivity index (χ4v) is 1.67. The van der Waals surface area contributed by atoms with E-state index in [0.717, 1.165) is 4.68 Å². The van der Waals surface area contributed by atoms with Gasteiger partial charge in [-0.25, -0.2) is 0 Å². The van der Waals surface area contributed by atoms with Crippen molar-refractivity contribution in [3.63, 3.8) is 0 Å². The Morgan fingerprint density at radius 2 is 2.12 bits per heavy atom. The van der Waals surface area contributed by atoms with Crippen LogP contribution in [0.15, 0.2) is 35.1 Å². The van der Waals surface area contributed by atoms with Crippen molar-refractivity contribution in [3.05, 3.63) is 57.0 Å². The molecular formula is C11H10ClN3O2. The van der Waals surface area contributed by atoms with Crippen LogP contribution < -0.4 is 11.3 Å². The number of carbonyl (C=O) groups excluding carboxylic acids is 1. The van der Waals surface area contributed by atoms with E-state index in [0.29, 0.717) is 10.7 Å². The molecule has 0 unspecified atom stereocenters. The highest BCUT2D eigenvalue weighted by Crippen LogP contribution is 2.15. The van der Waals surface area contributed by atoms with Crippen LogP contribution in [0.4, 0.5) is 0 Å². The Balaban J connectivity index is 2.48. The third kappa shape index (κ3) is 2.15. The minimum absolute atomic E-state index is 0.165. The van der Waals surface area contributed by atoms with Gasteiger partial charge in [-0.3, -0.25) is 14.7 Å². The third-order valence-electron chi connectivity index (χ3n) is 2.30. The van der Waals surface area contributed by atoms with E-state index in [2.05, 4.69) is 5.10 Å². The normalized spacial score (nSPS) is 10.5. The smallest absolute Gasteiger partial charge is 0.281 e. The Kier molecular flexibility index (Phi) is 3.12. The molecule has 0 bridgehead atoms. The number of halogens is 1. The minimum Gasteiger partial charge on any atom is -0.325 e. The van der Waals surface area contributed by atoms with Gasteiger partial charge in [-0.15, -0.1) is 0 Å². The molecular weight excluding hydrogens is 242 g/mol. The number of carbonyl (C=O) groups is 1. The minimum atomic E-state index is -0.500. The van der Waals surface area contributed by atoms with Crippen LogP contribution in [0.5, 0.6) is 0 Å². The van der Waals surface area contributed by atoms with Gasteiger partial charge in [0.05, 0.1) is 16.3 Å². The summed E-state index contributed by atoms with van der Waals surface area (Å²) in [5.41, 5.74) is 5.69. The maximum absolute atomic E-state index is 12.0. The zero-order chi connectivity index (χ0) is 12.4. The van der Waals surface area contributed by atoms with E-state index in [1.807, 2.05) is 0 Å². The summed E-state index contributed by atoms with van der Waals surface area (Å²) in [4.78, 5) is 23.6. The van der Waals surface area contributed by atoms with Gasteiger partial charge in [-0.05, 0) is 12.1 Å². The predicted octanol–water partition coefficient (Wildman–Crippen LogP) is 0.977. The third-order valence-corrected chi connectivity index (χ3v) is 2.63. The molecule has 0 atom stereocenters. The average molecular weight is 252 g/mol. The van der Waals surface area contributed by atoms with Crippen molar-refractivity contribution in [2.24, 2.45) is 5.73 Å². The highest BCUT2D eigenvalue weighted by atomic mass is 35.5. The SMILES string of the molecule is NCc1cc(=O)n(C(=O)c2ccccc2Cl)[nH]1. The molecule has 0 radical (unpaired) electrons. The molecule has 0 fully saturated rings. The molecule has 3 N–H and O–H groups in total.